The molecule has 0 aliphatic heterocycles. The van der Waals surface area contributed by atoms with E-state index in [1.807, 2.05) is 0 Å². The van der Waals surface area contributed by atoms with Gasteiger partial charge in [0.15, 0.2) is 0 Å². The van der Waals surface area contributed by atoms with E-state index < -0.39 is 0 Å². The lowest BCUT2D eigenvalue weighted by Gasteiger charge is -2.12. The Balaban J connectivity index is 1.68. The summed E-state index contributed by atoms with van der Waals surface area (Å²) in [6.45, 7) is 3.18. The number of aryl methyl sites for hydroxylation is 1. The van der Waals surface area contributed by atoms with Gasteiger partial charge in [-0.15, -0.1) is 0 Å². The first-order valence-electron chi connectivity index (χ1n) is 7.01. The second kappa shape index (κ2) is 5.81. The Labute approximate surface area is 124 Å². The molecule has 0 amide bonds. The van der Waals surface area contributed by atoms with Crippen LogP contribution in [0.25, 0.3) is 10.9 Å². The van der Waals surface area contributed by atoms with Gasteiger partial charge in [-0.1, -0.05) is 18.2 Å². The number of nitrogens with zero attached hydrogens (tertiary/aromatic N) is 1. The molecule has 0 saturated heterocycles. The van der Waals surface area contributed by atoms with E-state index in [0.29, 0.717) is 6.04 Å². The number of thiophene rings is 1. The number of aromatic nitrogens is 1. The molecule has 0 spiro atoms. The van der Waals surface area contributed by atoms with E-state index in [1.54, 1.807) is 11.3 Å². The van der Waals surface area contributed by atoms with Crippen molar-refractivity contribution in [3.63, 3.8) is 0 Å². The van der Waals surface area contributed by atoms with Crippen molar-refractivity contribution >= 4 is 22.2 Å². The smallest absolute Gasteiger partial charge is 0.0481 e. The zero-order valence-corrected chi connectivity index (χ0v) is 12.8. The summed E-state index contributed by atoms with van der Waals surface area (Å²) < 4.78 is 2.20. The molecule has 0 saturated carbocycles. The van der Waals surface area contributed by atoms with Crippen molar-refractivity contribution in [3.8, 4) is 0 Å². The van der Waals surface area contributed by atoms with Crippen LogP contribution in [0.4, 0.5) is 0 Å². The van der Waals surface area contributed by atoms with Gasteiger partial charge in [-0.05, 0) is 47.4 Å². The van der Waals surface area contributed by atoms with Gasteiger partial charge < -0.3 is 9.88 Å². The minimum absolute atomic E-state index is 0.489. The normalized spacial score (nSPS) is 12.9. The van der Waals surface area contributed by atoms with Gasteiger partial charge in [-0.2, -0.15) is 11.3 Å². The van der Waals surface area contributed by atoms with Crippen LogP contribution in [0.2, 0.25) is 0 Å². The molecular weight excluding hydrogens is 264 g/mol. The minimum Gasteiger partial charge on any atom is -0.350 e. The van der Waals surface area contributed by atoms with E-state index in [4.69, 9.17) is 0 Å². The highest BCUT2D eigenvalue weighted by atomic mass is 32.1. The Morgan fingerprint density at radius 3 is 2.90 bits per heavy atom. The van der Waals surface area contributed by atoms with Crippen molar-refractivity contribution in [3.05, 3.63) is 58.4 Å². The Bertz CT molecular complexity index is 682. The topological polar surface area (TPSA) is 17.0 Å². The first-order valence-corrected chi connectivity index (χ1v) is 7.95. The fourth-order valence-electron chi connectivity index (χ4n) is 2.69. The first kappa shape index (κ1) is 13.4. The fraction of sp³-hybridized carbons (Fsp3) is 0.294. The largest absolute Gasteiger partial charge is 0.350 e. The maximum atomic E-state index is 3.63. The van der Waals surface area contributed by atoms with Gasteiger partial charge in [0.25, 0.3) is 0 Å². The molecule has 2 aromatic heterocycles. The second-order valence-electron chi connectivity index (χ2n) is 5.40. The average Bonchev–Trinajstić information content (AvgIpc) is 3.06. The SMILES string of the molecule is CC(Cc1ccsc1)NCc1cn(C)c2ccccc12. The van der Waals surface area contributed by atoms with Crippen molar-refractivity contribution < 1.29 is 0 Å². The van der Waals surface area contributed by atoms with Gasteiger partial charge in [-0.3, -0.25) is 0 Å². The molecule has 2 heterocycles. The number of fused-ring (bicyclic) bond motifs is 1. The van der Waals surface area contributed by atoms with E-state index in [2.05, 4.69) is 71.1 Å². The van der Waals surface area contributed by atoms with E-state index in [0.717, 1.165) is 13.0 Å². The summed E-state index contributed by atoms with van der Waals surface area (Å²) in [6.07, 6.45) is 3.32. The number of hydrogen-bond donors (Lipinski definition) is 1. The van der Waals surface area contributed by atoms with Crippen LogP contribution in [-0.2, 0) is 20.0 Å². The lowest BCUT2D eigenvalue weighted by Crippen LogP contribution is -2.27. The second-order valence-corrected chi connectivity index (χ2v) is 6.18. The number of rotatable bonds is 5. The average molecular weight is 284 g/mol. The molecule has 0 radical (unpaired) electrons. The Hall–Kier alpha value is -1.58. The molecule has 1 atom stereocenters. The van der Waals surface area contributed by atoms with Crippen LogP contribution in [-0.4, -0.2) is 10.6 Å². The molecule has 1 aromatic carbocycles. The minimum atomic E-state index is 0.489. The molecule has 1 N–H and O–H groups in total. The summed E-state index contributed by atoms with van der Waals surface area (Å²) >= 11 is 1.77. The Kier molecular flexibility index (Phi) is 3.90. The maximum absolute atomic E-state index is 3.63. The third kappa shape index (κ3) is 2.79. The number of para-hydroxylation sites is 1. The highest BCUT2D eigenvalue weighted by Crippen LogP contribution is 2.20. The van der Waals surface area contributed by atoms with Crippen molar-refractivity contribution in [1.29, 1.82) is 0 Å². The summed E-state index contributed by atoms with van der Waals surface area (Å²) in [4.78, 5) is 0. The van der Waals surface area contributed by atoms with Gasteiger partial charge in [0.05, 0.1) is 0 Å². The van der Waals surface area contributed by atoms with Gasteiger partial charge in [0.1, 0.15) is 0 Å². The van der Waals surface area contributed by atoms with Gasteiger partial charge in [0, 0.05) is 36.7 Å². The molecule has 3 rings (SSSR count). The zero-order chi connectivity index (χ0) is 13.9. The van der Waals surface area contributed by atoms with Gasteiger partial charge in [0.2, 0.25) is 0 Å². The molecule has 0 aliphatic rings. The summed E-state index contributed by atoms with van der Waals surface area (Å²) in [5.41, 5.74) is 4.10. The van der Waals surface area contributed by atoms with Gasteiger partial charge in [-0.25, -0.2) is 0 Å². The number of hydrogen-bond acceptors (Lipinski definition) is 2. The molecule has 20 heavy (non-hydrogen) atoms. The predicted octanol–water partition coefficient (Wildman–Crippen LogP) is 3.96. The summed E-state index contributed by atoms with van der Waals surface area (Å²) in [5, 5.41) is 9.36. The van der Waals surface area contributed by atoms with Crippen LogP contribution in [0.15, 0.2) is 47.3 Å². The highest BCUT2D eigenvalue weighted by Gasteiger charge is 2.08. The summed E-state index contributed by atoms with van der Waals surface area (Å²) in [7, 11) is 2.11. The van der Waals surface area contributed by atoms with Crippen LogP contribution in [0.3, 0.4) is 0 Å². The van der Waals surface area contributed by atoms with Crippen molar-refractivity contribution in [2.75, 3.05) is 0 Å². The van der Waals surface area contributed by atoms with E-state index in [9.17, 15) is 0 Å². The third-order valence-corrected chi connectivity index (χ3v) is 4.47. The van der Waals surface area contributed by atoms with Gasteiger partial charge >= 0.3 is 0 Å². The standard InChI is InChI=1S/C17H20N2S/c1-13(9-14-7-8-20-12-14)18-10-15-11-19(2)17-6-4-3-5-16(15)17/h3-8,11-13,18H,9-10H2,1-2H3. The predicted molar refractivity (Wildman–Crippen MR) is 87.2 cm³/mol. The molecule has 0 bridgehead atoms. The Morgan fingerprint density at radius 1 is 1.25 bits per heavy atom. The Morgan fingerprint density at radius 2 is 2.10 bits per heavy atom. The zero-order valence-electron chi connectivity index (χ0n) is 12.0. The fourth-order valence-corrected chi connectivity index (χ4v) is 3.37. The lowest BCUT2D eigenvalue weighted by atomic mass is 10.1. The van der Waals surface area contributed by atoms with Crippen molar-refractivity contribution in [2.45, 2.75) is 25.9 Å². The molecule has 3 aromatic rings. The number of nitrogens with one attached hydrogen (secondary N) is 1. The first-order chi connectivity index (χ1) is 9.74. The lowest BCUT2D eigenvalue weighted by molar-refractivity contribution is 0.547. The van der Waals surface area contributed by atoms with Crippen LogP contribution >= 0.6 is 11.3 Å². The highest BCUT2D eigenvalue weighted by molar-refractivity contribution is 7.07. The molecule has 0 aliphatic carbocycles. The van der Waals surface area contributed by atoms with Crippen molar-refractivity contribution in [1.82, 2.24) is 9.88 Å². The molecular formula is C17H20N2S. The quantitative estimate of drug-likeness (QED) is 0.750. The van der Waals surface area contributed by atoms with Crippen LogP contribution in [0.5, 0.6) is 0 Å². The summed E-state index contributed by atoms with van der Waals surface area (Å²) in [6, 6.07) is 11.3. The van der Waals surface area contributed by atoms with Crippen molar-refractivity contribution in [2.24, 2.45) is 7.05 Å². The molecule has 104 valence electrons. The van der Waals surface area contributed by atoms with Crippen LogP contribution in [0.1, 0.15) is 18.1 Å². The van der Waals surface area contributed by atoms with Crippen LogP contribution in [0, 0.1) is 0 Å². The molecule has 2 nitrogen and oxygen atoms in total. The summed E-state index contributed by atoms with van der Waals surface area (Å²) in [5.74, 6) is 0. The van der Waals surface area contributed by atoms with Crippen LogP contribution < -0.4 is 5.32 Å². The molecule has 1 unspecified atom stereocenters. The number of benzene rings is 1. The monoisotopic (exact) mass is 284 g/mol. The van der Waals surface area contributed by atoms with E-state index in [-0.39, 0.29) is 0 Å². The maximum Gasteiger partial charge on any atom is 0.0481 e. The van der Waals surface area contributed by atoms with E-state index >= 15 is 0 Å². The molecule has 3 heteroatoms. The molecule has 0 fully saturated rings. The third-order valence-electron chi connectivity index (χ3n) is 3.74. The van der Waals surface area contributed by atoms with E-state index in [1.165, 1.54) is 22.0 Å².